The number of aryl methyl sites for hydroxylation is 1. The van der Waals surface area contributed by atoms with Gasteiger partial charge in [0.1, 0.15) is 17.7 Å². The number of hydrogen-bond acceptors (Lipinski definition) is 7. The Bertz CT molecular complexity index is 1270. The Labute approximate surface area is 201 Å². The predicted octanol–water partition coefficient (Wildman–Crippen LogP) is 3.91. The topological polar surface area (TPSA) is 101 Å². The van der Waals surface area contributed by atoms with E-state index in [2.05, 4.69) is 20.5 Å². The van der Waals surface area contributed by atoms with Crippen LogP contribution in [0.4, 0.5) is 17.1 Å². The number of carbonyl (C=O) groups is 3. The van der Waals surface area contributed by atoms with E-state index < -0.39 is 5.97 Å². The van der Waals surface area contributed by atoms with E-state index in [1.807, 2.05) is 37.3 Å². The molecular formula is C25H24N4O4S. The number of anilines is 3. The maximum absolute atomic E-state index is 12.6. The molecule has 0 unspecified atom stereocenters. The van der Waals surface area contributed by atoms with Crippen LogP contribution in [-0.2, 0) is 27.4 Å². The maximum Gasteiger partial charge on any atom is 0.338 e. The van der Waals surface area contributed by atoms with Crippen LogP contribution in [-0.4, -0.2) is 35.4 Å². The first-order valence-electron chi connectivity index (χ1n) is 11.2. The minimum absolute atomic E-state index is 0.00634. The predicted molar refractivity (Wildman–Crippen MR) is 130 cm³/mol. The van der Waals surface area contributed by atoms with Crippen LogP contribution in [0.2, 0.25) is 0 Å². The summed E-state index contributed by atoms with van der Waals surface area (Å²) in [5, 5.41) is 8.23. The molecule has 3 heterocycles. The zero-order chi connectivity index (χ0) is 23.7. The molecule has 2 aliphatic rings. The van der Waals surface area contributed by atoms with Crippen LogP contribution in [0.15, 0.2) is 47.8 Å². The molecular weight excluding hydrogens is 452 g/mol. The fourth-order valence-corrected chi connectivity index (χ4v) is 5.10. The number of amides is 2. The van der Waals surface area contributed by atoms with Gasteiger partial charge in [-0.3, -0.25) is 9.59 Å². The highest BCUT2D eigenvalue weighted by Gasteiger charge is 2.36. The third kappa shape index (κ3) is 4.51. The molecule has 0 saturated carbocycles. The van der Waals surface area contributed by atoms with Gasteiger partial charge in [0, 0.05) is 17.6 Å². The quantitative estimate of drug-likeness (QED) is 0.523. The summed E-state index contributed by atoms with van der Waals surface area (Å²) in [6, 6.07) is 12.7. The van der Waals surface area contributed by atoms with Gasteiger partial charge in [-0.2, -0.15) is 0 Å². The zero-order valence-electron chi connectivity index (χ0n) is 18.7. The summed E-state index contributed by atoms with van der Waals surface area (Å²) in [6.45, 7) is 2.78. The van der Waals surface area contributed by atoms with Crippen LogP contribution in [0.5, 0.6) is 0 Å². The van der Waals surface area contributed by atoms with Crippen LogP contribution in [0.3, 0.4) is 0 Å². The molecule has 2 N–H and O–H groups in total. The van der Waals surface area contributed by atoms with Crippen molar-refractivity contribution in [2.75, 3.05) is 22.1 Å². The van der Waals surface area contributed by atoms with Crippen molar-refractivity contribution >= 4 is 46.2 Å². The summed E-state index contributed by atoms with van der Waals surface area (Å²) < 4.78 is 5.43. The Hall–Kier alpha value is -3.72. The molecule has 174 valence electrons. The molecule has 1 saturated heterocycles. The molecule has 0 spiro atoms. The van der Waals surface area contributed by atoms with E-state index in [9.17, 15) is 14.4 Å². The number of nitrogens with one attached hydrogen (secondary N) is 2. The summed E-state index contributed by atoms with van der Waals surface area (Å²) in [5.74, 6) is -0.673. The van der Waals surface area contributed by atoms with Crippen molar-refractivity contribution in [3.63, 3.8) is 0 Å². The second-order valence-electron chi connectivity index (χ2n) is 8.42. The van der Waals surface area contributed by atoms with Gasteiger partial charge in [-0.1, -0.05) is 18.2 Å². The number of ether oxygens (including phenoxy) is 1. The number of hydrogen-bond donors (Lipinski definition) is 2. The van der Waals surface area contributed by atoms with Gasteiger partial charge < -0.3 is 20.3 Å². The first-order chi connectivity index (χ1) is 16.5. The van der Waals surface area contributed by atoms with Crippen molar-refractivity contribution in [3.8, 4) is 0 Å². The molecule has 3 aromatic rings. The number of carbonyl (C=O) groups excluding carboxylic acids is 3. The fraction of sp³-hybridized carbons (Fsp3) is 0.280. The van der Waals surface area contributed by atoms with E-state index in [0.29, 0.717) is 22.0 Å². The van der Waals surface area contributed by atoms with Crippen molar-refractivity contribution in [2.24, 2.45) is 0 Å². The van der Waals surface area contributed by atoms with Crippen molar-refractivity contribution in [1.82, 2.24) is 4.98 Å². The molecule has 8 nitrogen and oxygen atoms in total. The first-order valence-corrected chi connectivity index (χ1v) is 12.0. The molecule has 0 aliphatic carbocycles. The van der Waals surface area contributed by atoms with Gasteiger partial charge in [0.25, 0.3) is 0 Å². The monoisotopic (exact) mass is 476 g/mol. The normalized spacial score (nSPS) is 16.4. The SMILES string of the molecule is Cc1ccccc1NC(=O)Cc1nc(COC(=O)c2ccc3c(c2)NC(=O)[C@@H]2CCCN32)cs1. The molecule has 1 aromatic heterocycles. The van der Waals surface area contributed by atoms with Crippen molar-refractivity contribution in [2.45, 2.75) is 38.8 Å². The van der Waals surface area contributed by atoms with Gasteiger partial charge in [0.2, 0.25) is 11.8 Å². The molecule has 2 amide bonds. The smallest absolute Gasteiger partial charge is 0.338 e. The molecule has 5 rings (SSSR count). The van der Waals surface area contributed by atoms with Crippen LogP contribution in [0, 0.1) is 6.92 Å². The van der Waals surface area contributed by atoms with Gasteiger partial charge in [0.05, 0.1) is 29.1 Å². The minimum Gasteiger partial charge on any atom is -0.456 e. The Morgan fingerprint density at radius 2 is 2.12 bits per heavy atom. The fourth-order valence-electron chi connectivity index (χ4n) is 4.32. The number of benzene rings is 2. The molecule has 2 aliphatic heterocycles. The van der Waals surface area contributed by atoms with E-state index in [1.54, 1.807) is 17.5 Å². The highest BCUT2D eigenvalue weighted by molar-refractivity contribution is 7.09. The van der Waals surface area contributed by atoms with Crippen molar-refractivity contribution in [3.05, 3.63) is 69.7 Å². The van der Waals surface area contributed by atoms with E-state index in [1.165, 1.54) is 11.3 Å². The molecule has 1 atom stereocenters. The number of esters is 1. The van der Waals surface area contributed by atoms with Crippen molar-refractivity contribution in [1.29, 1.82) is 0 Å². The molecule has 34 heavy (non-hydrogen) atoms. The number of rotatable bonds is 6. The van der Waals surface area contributed by atoms with E-state index in [0.717, 1.165) is 36.3 Å². The zero-order valence-corrected chi connectivity index (χ0v) is 19.5. The third-order valence-corrected chi connectivity index (χ3v) is 6.93. The summed E-state index contributed by atoms with van der Waals surface area (Å²) in [4.78, 5) is 43.8. The Morgan fingerprint density at radius 3 is 2.97 bits per heavy atom. The molecule has 2 aromatic carbocycles. The van der Waals surface area contributed by atoms with Gasteiger partial charge in [-0.15, -0.1) is 11.3 Å². The number of fused-ring (bicyclic) bond motifs is 3. The maximum atomic E-state index is 12.6. The number of aromatic nitrogens is 1. The molecule has 0 bridgehead atoms. The first kappa shape index (κ1) is 22.1. The number of para-hydroxylation sites is 1. The lowest BCUT2D eigenvalue weighted by atomic mass is 10.1. The highest BCUT2D eigenvalue weighted by Crippen LogP contribution is 2.37. The summed E-state index contributed by atoms with van der Waals surface area (Å²) in [5.41, 5.74) is 4.29. The number of thiazole rings is 1. The standard InChI is InChI=1S/C25H24N4O4S/c1-15-5-2-3-6-18(15)27-22(30)12-23-26-17(14-34-23)13-33-25(32)16-8-9-20-19(11-16)28-24(31)21-7-4-10-29(20)21/h2-3,5-6,8-9,11,14,21H,4,7,10,12-13H2,1H3,(H,27,30)(H,28,31)/t21-/m0/s1. The average molecular weight is 477 g/mol. The van der Waals surface area contributed by atoms with Gasteiger partial charge in [0.15, 0.2) is 0 Å². The minimum atomic E-state index is -0.493. The average Bonchev–Trinajstić information content (AvgIpc) is 3.49. The Balaban J connectivity index is 1.17. The molecule has 1 fully saturated rings. The summed E-state index contributed by atoms with van der Waals surface area (Å²) in [7, 11) is 0. The van der Waals surface area contributed by atoms with Gasteiger partial charge >= 0.3 is 5.97 Å². The molecule has 0 radical (unpaired) electrons. The van der Waals surface area contributed by atoms with E-state index in [-0.39, 0.29) is 30.9 Å². The van der Waals surface area contributed by atoms with Gasteiger partial charge in [-0.25, -0.2) is 9.78 Å². The van der Waals surface area contributed by atoms with Crippen LogP contribution < -0.4 is 15.5 Å². The van der Waals surface area contributed by atoms with Crippen LogP contribution in [0.25, 0.3) is 0 Å². The van der Waals surface area contributed by atoms with Crippen LogP contribution >= 0.6 is 11.3 Å². The second-order valence-corrected chi connectivity index (χ2v) is 9.36. The van der Waals surface area contributed by atoms with E-state index in [4.69, 9.17) is 4.74 Å². The number of nitrogens with zero attached hydrogens (tertiary/aromatic N) is 2. The summed E-state index contributed by atoms with van der Waals surface area (Å²) in [6.07, 6.45) is 1.97. The van der Waals surface area contributed by atoms with Crippen molar-refractivity contribution < 1.29 is 19.1 Å². The third-order valence-electron chi connectivity index (χ3n) is 6.04. The highest BCUT2D eigenvalue weighted by atomic mass is 32.1. The van der Waals surface area contributed by atoms with Crippen LogP contribution in [0.1, 0.15) is 39.5 Å². The van der Waals surface area contributed by atoms with E-state index >= 15 is 0 Å². The lowest BCUT2D eigenvalue weighted by molar-refractivity contribution is -0.117. The Kier molecular flexibility index (Phi) is 6.02. The lowest BCUT2D eigenvalue weighted by Crippen LogP contribution is -2.43. The lowest BCUT2D eigenvalue weighted by Gasteiger charge is -2.33. The second kappa shape index (κ2) is 9.26. The van der Waals surface area contributed by atoms with Gasteiger partial charge in [-0.05, 0) is 49.6 Å². The largest absolute Gasteiger partial charge is 0.456 e. The molecule has 9 heteroatoms. The summed E-state index contributed by atoms with van der Waals surface area (Å²) >= 11 is 1.35. The Morgan fingerprint density at radius 1 is 1.26 bits per heavy atom.